The highest BCUT2D eigenvalue weighted by Gasteiger charge is 2.24. The maximum Gasteiger partial charge on any atom is 0.0984 e. The molecule has 0 aliphatic heterocycles. The Hall–Kier alpha value is -0.380. The fourth-order valence-electron chi connectivity index (χ4n) is 2.17. The van der Waals surface area contributed by atoms with Crippen LogP contribution in [0.3, 0.4) is 0 Å². The highest BCUT2D eigenvalue weighted by atomic mass is 32.1. The van der Waals surface area contributed by atoms with E-state index >= 15 is 0 Å². The summed E-state index contributed by atoms with van der Waals surface area (Å²) in [5.41, 5.74) is 7.22. The molecule has 0 aromatic carbocycles. The molecule has 2 atom stereocenters. The number of nitrogens with two attached hydrogens (primary N) is 1. The third-order valence-corrected chi connectivity index (χ3v) is 3.69. The molecule has 3 heteroatoms. The van der Waals surface area contributed by atoms with E-state index in [0.29, 0.717) is 6.10 Å². The van der Waals surface area contributed by atoms with Gasteiger partial charge in [-0.25, -0.2) is 0 Å². The lowest BCUT2D eigenvalue weighted by Crippen LogP contribution is -2.29. The molecule has 1 aromatic heterocycles. The number of ether oxygens (including phenoxy) is 1. The van der Waals surface area contributed by atoms with Crippen LogP contribution in [0.15, 0.2) is 16.8 Å². The Morgan fingerprint density at radius 3 is 2.73 bits per heavy atom. The van der Waals surface area contributed by atoms with Crippen molar-refractivity contribution in [2.75, 3.05) is 0 Å². The van der Waals surface area contributed by atoms with Crippen molar-refractivity contribution in [1.29, 1.82) is 0 Å². The van der Waals surface area contributed by atoms with Crippen molar-refractivity contribution in [1.82, 2.24) is 0 Å². The molecule has 1 aromatic rings. The molecule has 2 rings (SSSR count). The topological polar surface area (TPSA) is 35.2 Å². The summed E-state index contributed by atoms with van der Waals surface area (Å²) in [5, 5.41) is 4.23. The number of hydrogen-bond acceptors (Lipinski definition) is 3. The Morgan fingerprint density at radius 2 is 2.20 bits per heavy atom. The van der Waals surface area contributed by atoms with Crippen molar-refractivity contribution < 1.29 is 4.74 Å². The molecule has 84 valence electrons. The highest BCUT2D eigenvalue weighted by molar-refractivity contribution is 7.07. The van der Waals surface area contributed by atoms with Crippen LogP contribution in [0.2, 0.25) is 0 Å². The predicted molar refractivity (Wildman–Crippen MR) is 64.1 cm³/mol. The summed E-state index contributed by atoms with van der Waals surface area (Å²) >= 11 is 1.71. The highest BCUT2D eigenvalue weighted by Crippen LogP contribution is 2.30. The van der Waals surface area contributed by atoms with Gasteiger partial charge in [-0.3, -0.25) is 0 Å². The Morgan fingerprint density at radius 1 is 1.47 bits per heavy atom. The maximum atomic E-state index is 6.10. The molecular formula is C12H19NOS. The van der Waals surface area contributed by atoms with Crippen LogP contribution in [-0.4, -0.2) is 12.1 Å². The third-order valence-electron chi connectivity index (χ3n) is 2.99. The summed E-state index contributed by atoms with van der Waals surface area (Å²) in [4.78, 5) is 0. The molecule has 0 radical (unpaired) electrons. The van der Waals surface area contributed by atoms with Crippen molar-refractivity contribution in [2.45, 2.75) is 50.9 Å². The summed E-state index contributed by atoms with van der Waals surface area (Å²) in [6.07, 6.45) is 5.53. The first-order chi connectivity index (χ1) is 7.27. The van der Waals surface area contributed by atoms with Crippen LogP contribution in [0.4, 0.5) is 0 Å². The standard InChI is InChI=1S/C12H19NOS/c1-9(13)12(10-6-7-15-8-10)14-11-4-2-3-5-11/h6-9,11-12H,2-5,13H2,1H3. The van der Waals surface area contributed by atoms with Gasteiger partial charge in [-0.05, 0) is 42.2 Å². The van der Waals surface area contributed by atoms with E-state index in [-0.39, 0.29) is 12.1 Å². The zero-order chi connectivity index (χ0) is 10.7. The van der Waals surface area contributed by atoms with Gasteiger partial charge in [0.25, 0.3) is 0 Å². The van der Waals surface area contributed by atoms with Crippen LogP contribution in [0.25, 0.3) is 0 Å². The van der Waals surface area contributed by atoms with Gasteiger partial charge in [0.2, 0.25) is 0 Å². The molecule has 0 bridgehead atoms. The predicted octanol–water partition coefficient (Wildman–Crippen LogP) is 3.10. The van der Waals surface area contributed by atoms with E-state index in [4.69, 9.17) is 10.5 Å². The molecule has 0 saturated heterocycles. The minimum absolute atomic E-state index is 0.0696. The molecule has 1 aliphatic rings. The lowest BCUT2D eigenvalue weighted by Gasteiger charge is -2.24. The van der Waals surface area contributed by atoms with Gasteiger partial charge in [0.1, 0.15) is 0 Å². The van der Waals surface area contributed by atoms with E-state index in [1.807, 2.05) is 6.92 Å². The van der Waals surface area contributed by atoms with Crippen molar-refractivity contribution in [2.24, 2.45) is 5.73 Å². The van der Waals surface area contributed by atoms with Crippen LogP contribution in [0.5, 0.6) is 0 Å². The molecule has 2 unspecified atom stereocenters. The van der Waals surface area contributed by atoms with Crippen molar-refractivity contribution in [3.63, 3.8) is 0 Å². The normalized spacial score (nSPS) is 21.7. The van der Waals surface area contributed by atoms with Gasteiger partial charge in [-0.1, -0.05) is 12.8 Å². The zero-order valence-corrected chi connectivity index (χ0v) is 10.0. The lowest BCUT2D eigenvalue weighted by molar-refractivity contribution is -0.0199. The van der Waals surface area contributed by atoms with Gasteiger partial charge in [-0.15, -0.1) is 0 Å². The maximum absolute atomic E-state index is 6.10. The first-order valence-corrected chi connectivity index (χ1v) is 6.65. The quantitative estimate of drug-likeness (QED) is 0.854. The van der Waals surface area contributed by atoms with Crippen LogP contribution >= 0.6 is 11.3 Å². The monoisotopic (exact) mass is 225 g/mol. The van der Waals surface area contributed by atoms with Gasteiger partial charge in [0.05, 0.1) is 12.2 Å². The smallest absolute Gasteiger partial charge is 0.0984 e. The summed E-state index contributed by atoms with van der Waals surface area (Å²) < 4.78 is 6.10. The Balaban J connectivity index is 2.00. The van der Waals surface area contributed by atoms with E-state index in [0.717, 1.165) is 0 Å². The third kappa shape index (κ3) is 2.80. The second kappa shape index (κ2) is 5.10. The molecule has 1 aliphatic carbocycles. The average Bonchev–Trinajstić information content (AvgIpc) is 2.87. The SMILES string of the molecule is CC(N)C(OC1CCCC1)c1ccsc1. The average molecular weight is 225 g/mol. The second-order valence-electron chi connectivity index (χ2n) is 4.38. The largest absolute Gasteiger partial charge is 0.369 e. The number of rotatable bonds is 4. The van der Waals surface area contributed by atoms with E-state index in [9.17, 15) is 0 Å². The van der Waals surface area contributed by atoms with Crippen molar-refractivity contribution in [3.8, 4) is 0 Å². The minimum atomic E-state index is 0.0696. The van der Waals surface area contributed by atoms with Crippen LogP contribution < -0.4 is 5.73 Å². The second-order valence-corrected chi connectivity index (χ2v) is 5.16. The molecule has 0 amide bonds. The van der Waals surface area contributed by atoms with Gasteiger partial charge < -0.3 is 10.5 Å². The van der Waals surface area contributed by atoms with Crippen molar-refractivity contribution in [3.05, 3.63) is 22.4 Å². The van der Waals surface area contributed by atoms with Crippen molar-refractivity contribution >= 4 is 11.3 Å². The van der Waals surface area contributed by atoms with Crippen LogP contribution in [0, 0.1) is 0 Å². The van der Waals surface area contributed by atoms with E-state index in [1.54, 1.807) is 11.3 Å². The summed E-state index contributed by atoms with van der Waals surface area (Å²) in [7, 11) is 0. The van der Waals surface area contributed by atoms with Crippen LogP contribution in [0.1, 0.15) is 44.3 Å². The Labute approximate surface area is 95.4 Å². The fraction of sp³-hybridized carbons (Fsp3) is 0.667. The molecule has 0 spiro atoms. The molecule has 15 heavy (non-hydrogen) atoms. The minimum Gasteiger partial charge on any atom is -0.369 e. The first kappa shape index (κ1) is 11.1. The molecule has 1 fully saturated rings. The molecule has 2 nitrogen and oxygen atoms in total. The van der Waals surface area contributed by atoms with Crippen LogP contribution in [-0.2, 0) is 4.74 Å². The molecule has 2 N–H and O–H groups in total. The number of thiophene rings is 1. The van der Waals surface area contributed by atoms with Gasteiger partial charge in [0.15, 0.2) is 0 Å². The lowest BCUT2D eigenvalue weighted by atomic mass is 10.1. The van der Waals surface area contributed by atoms with Gasteiger partial charge in [-0.2, -0.15) is 11.3 Å². The molecule has 1 heterocycles. The first-order valence-electron chi connectivity index (χ1n) is 5.70. The fourth-order valence-corrected chi connectivity index (χ4v) is 2.86. The van der Waals surface area contributed by atoms with Gasteiger partial charge >= 0.3 is 0 Å². The summed E-state index contributed by atoms with van der Waals surface area (Å²) in [6, 6.07) is 2.19. The summed E-state index contributed by atoms with van der Waals surface area (Å²) in [5.74, 6) is 0. The Kier molecular flexibility index (Phi) is 3.78. The molecular weight excluding hydrogens is 206 g/mol. The zero-order valence-electron chi connectivity index (χ0n) is 9.19. The van der Waals surface area contributed by atoms with Gasteiger partial charge in [0, 0.05) is 6.04 Å². The summed E-state index contributed by atoms with van der Waals surface area (Å²) in [6.45, 7) is 2.03. The number of hydrogen-bond donors (Lipinski definition) is 1. The Bertz CT molecular complexity index is 278. The molecule has 1 saturated carbocycles. The van der Waals surface area contributed by atoms with E-state index in [2.05, 4.69) is 16.8 Å². The van der Waals surface area contributed by atoms with E-state index in [1.165, 1.54) is 31.2 Å². The van der Waals surface area contributed by atoms with E-state index < -0.39 is 0 Å².